The monoisotopic (exact) mass is 230 g/mol. The highest BCUT2D eigenvalue weighted by molar-refractivity contribution is 9.10. The zero-order valence-corrected chi connectivity index (χ0v) is 9.86. The molecule has 0 spiro atoms. The van der Waals surface area contributed by atoms with Gasteiger partial charge < -0.3 is 0 Å². The van der Waals surface area contributed by atoms with Crippen molar-refractivity contribution < 1.29 is 0 Å². The number of nitrogens with zero attached hydrogens (tertiary/aromatic N) is 2. The first-order chi connectivity index (χ1) is 5.34. The molecule has 2 nitrogen and oxygen atoms in total. The number of rotatable bonds is 0. The minimum absolute atomic E-state index is 0.0703. The van der Waals surface area contributed by atoms with E-state index in [0.29, 0.717) is 0 Å². The molecule has 0 saturated heterocycles. The van der Waals surface area contributed by atoms with Crippen LogP contribution < -0.4 is 0 Å². The van der Waals surface area contributed by atoms with E-state index in [0.717, 1.165) is 10.2 Å². The average molecular weight is 231 g/mol. The lowest BCUT2D eigenvalue weighted by Gasteiger charge is -2.21. The Bertz CT molecular complexity index is 294. The molecule has 0 aliphatic rings. The summed E-state index contributed by atoms with van der Waals surface area (Å²) in [6.45, 7) is 10.5. The van der Waals surface area contributed by atoms with E-state index >= 15 is 0 Å². The molecule has 1 heterocycles. The highest BCUT2D eigenvalue weighted by Gasteiger charge is 2.19. The second-order valence-corrected chi connectivity index (χ2v) is 4.86. The third kappa shape index (κ3) is 1.56. The Hall–Kier alpha value is -0.310. The molecule has 3 heteroatoms. The van der Waals surface area contributed by atoms with Crippen LogP contribution in [0.3, 0.4) is 0 Å². The van der Waals surface area contributed by atoms with Crippen LogP contribution in [0.1, 0.15) is 32.2 Å². The highest BCUT2D eigenvalue weighted by atomic mass is 79.9. The SMILES string of the molecule is Cc1nn(C(C)(C)C)c(C)c1Br. The van der Waals surface area contributed by atoms with Crippen LogP contribution in [0.15, 0.2) is 4.47 Å². The molecule has 12 heavy (non-hydrogen) atoms. The normalized spacial score (nSPS) is 12.2. The van der Waals surface area contributed by atoms with Gasteiger partial charge in [-0.1, -0.05) is 0 Å². The predicted molar refractivity (Wildman–Crippen MR) is 54.4 cm³/mol. The van der Waals surface area contributed by atoms with Crippen molar-refractivity contribution in [3.05, 3.63) is 15.9 Å². The van der Waals surface area contributed by atoms with Gasteiger partial charge in [-0.15, -0.1) is 0 Å². The van der Waals surface area contributed by atoms with E-state index in [9.17, 15) is 0 Å². The third-order valence-corrected chi connectivity index (χ3v) is 2.99. The third-order valence-electron chi connectivity index (χ3n) is 1.84. The minimum atomic E-state index is 0.0703. The molecule has 0 atom stereocenters. The lowest BCUT2D eigenvalue weighted by molar-refractivity contribution is 0.346. The highest BCUT2D eigenvalue weighted by Crippen LogP contribution is 2.24. The van der Waals surface area contributed by atoms with Crippen molar-refractivity contribution in [1.82, 2.24) is 9.78 Å². The van der Waals surface area contributed by atoms with E-state index in [2.05, 4.69) is 48.7 Å². The van der Waals surface area contributed by atoms with Crippen molar-refractivity contribution in [3.63, 3.8) is 0 Å². The molecule has 68 valence electrons. The molecule has 1 aromatic rings. The number of halogens is 1. The quantitative estimate of drug-likeness (QED) is 0.671. The minimum Gasteiger partial charge on any atom is -0.263 e. The maximum Gasteiger partial charge on any atom is 0.0738 e. The topological polar surface area (TPSA) is 17.8 Å². The van der Waals surface area contributed by atoms with Gasteiger partial charge in [0, 0.05) is 0 Å². The lowest BCUT2D eigenvalue weighted by atomic mass is 10.1. The Labute approximate surface area is 82.1 Å². The summed E-state index contributed by atoms with van der Waals surface area (Å²) in [6, 6.07) is 0. The standard InChI is InChI=1S/C9H15BrN2/c1-6-8(10)7(2)12(11-6)9(3,4)5/h1-5H3. The Morgan fingerprint density at radius 2 is 1.75 bits per heavy atom. The maximum atomic E-state index is 4.45. The molecular formula is C9H15BrN2. The molecule has 0 amide bonds. The van der Waals surface area contributed by atoms with Crippen molar-refractivity contribution in [2.45, 2.75) is 40.2 Å². The van der Waals surface area contributed by atoms with Crippen LogP contribution in [0.2, 0.25) is 0 Å². The number of hydrogen-bond donors (Lipinski definition) is 0. The Balaban J connectivity index is 3.28. The first-order valence-electron chi connectivity index (χ1n) is 4.06. The summed E-state index contributed by atoms with van der Waals surface area (Å²) >= 11 is 3.51. The summed E-state index contributed by atoms with van der Waals surface area (Å²) in [6.07, 6.45) is 0. The van der Waals surface area contributed by atoms with Gasteiger partial charge in [0.05, 0.1) is 21.4 Å². The zero-order valence-electron chi connectivity index (χ0n) is 8.27. The zero-order chi connectivity index (χ0) is 9.52. The largest absolute Gasteiger partial charge is 0.263 e. The van der Waals surface area contributed by atoms with Crippen LogP contribution in [0, 0.1) is 13.8 Å². The smallest absolute Gasteiger partial charge is 0.0738 e. The molecule has 0 radical (unpaired) electrons. The van der Waals surface area contributed by atoms with Crippen LogP contribution in [0.25, 0.3) is 0 Å². The molecule has 0 aliphatic heterocycles. The van der Waals surface area contributed by atoms with Crippen LogP contribution in [-0.2, 0) is 5.54 Å². The fourth-order valence-corrected chi connectivity index (χ4v) is 1.52. The number of aromatic nitrogens is 2. The van der Waals surface area contributed by atoms with Crippen molar-refractivity contribution in [2.75, 3.05) is 0 Å². The molecule has 1 rings (SSSR count). The van der Waals surface area contributed by atoms with Gasteiger partial charge >= 0.3 is 0 Å². The van der Waals surface area contributed by atoms with Gasteiger partial charge in [-0.25, -0.2) is 0 Å². The molecule has 0 saturated carbocycles. The second-order valence-electron chi connectivity index (χ2n) is 4.07. The van der Waals surface area contributed by atoms with Crippen LogP contribution in [0.5, 0.6) is 0 Å². The fourth-order valence-electron chi connectivity index (χ4n) is 1.28. The summed E-state index contributed by atoms with van der Waals surface area (Å²) < 4.78 is 3.17. The van der Waals surface area contributed by atoms with E-state index < -0.39 is 0 Å². The molecule has 0 unspecified atom stereocenters. The summed E-state index contributed by atoms with van der Waals surface area (Å²) in [5.41, 5.74) is 2.32. The van der Waals surface area contributed by atoms with Gasteiger partial charge in [-0.3, -0.25) is 4.68 Å². The van der Waals surface area contributed by atoms with E-state index in [1.165, 1.54) is 5.69 Å². The Morgan fingerprint density at radius 1 is 1.25 bits per heavy atom. The lowest BCUT2D eigenvalue weighted by Crippen LogP contribution is -2.24. The van der Waals surface area contributed by atoms with Crippen molar-refractivity contribution in [1.29, 1.82) is 0 Å². The molecular weight excluding hydrogens is 216 g/mol. The molecule has 0 aromatic carbocycles. The number of hydrogen-bond acceptors (Lipinski definition) is 1. The second kappa shape index (κ2) is 2.87. The average Bonchev–Trinajstić information content (AvgIpc) is 2.15. The van der Waals surface area contributed by atoms with Crippen molar-refractivity contribution >= 4 is 15.9 Å². The van der Waals surface area contributed by atoms with Crippen molar-refractivity contribution in [2.24, 2.45) is 0 Å². The molecule has 0 fully saturated rings. The Morgan fingerprint density at radius 3 is 1.92 bits per heavy atom. The van der Waals surface area contributed by atoms with Crippen molar-refractivity contribution in [3.8, 4) is 0 Å². The predicted octanol–water partition coefficient (Wildman–Crippen LogP) is 3.02. The van der Waals surface area contributed by atoms with Crippen LogP contribution >= 0.6 is 15.9 Å². The summed E-state index contributed by atoms with van der Waals surface area (Å²) in [5.74, 6) is 0. The summed E-state index contributed by atoms with van der Waals surface area (Å²) in [7, 11) is 0. The van der Waals surface area contributed by atoms with E-state index in [4.69, 9.17) is 0 Å². The van der Waals surface area contributed by atoms with Gasteiger partial charge in [0.25, 0.3) is 0 Å². The van der Waals surface area contributed by atoms with Gasteiger partial charge in [-0.05, 0) is 50.5 Å². The van der Waals surface area contributed by atoms with Gasteiger partial charge in [0.15, 0.2) is 0 Å². The van der Waals surface area contributed by atoms with Gasteiger partial charge in [-0.2, -0.15) is 5.10 Å². The molecule has 1 aromatic heterocycles. The van der Waals surface area contributed by atoms with E-state index in [1.54, 1.807) is 0 Å². The number of aryl methyl sites for hydroxylation is 1. The van der Waals surface area contributed by atoms with E-state index in [-0.39, 0.29) is 5.54 Å². The Kier molecular flexibility index (Phi) is 2.34. The van der Waals surface area contributed by atoms with Crippen LogP contribution in [0.4, 0.5) is 0 Å². The maximum absolute atomic E-state index is 4.45. The summed E-state index contributed by atoms with van der Waals surface area (Å²) in [4.78, 5) is 0. The first kappa shape index (κ1) is 9.78. The molecule has 0 bridgehead atoms. The van der Waals surface area contributed by atoms with Gasteiger partial charge in [0.2, 0.25) is 0 Å². The van der Waals surface area contributed by atoms with E-state index in [1.807, 2.05) is 11.6 Å². The fraction of sp³-hybridized carbons (Fsp3) is 0.667. The molecule has 0 aliphatic carbocycles. The summed E-state index contributed by atoms with van der Waals surface area (Å²) in [5, 5.41) is 4.45. The van der Waals surface area contributed by atoms with Gasteiger partial charge in [0.1, 0.15) is 0 Å². The first-order valence-corrected chi connectivity index (χ1v) is 4.85. The molecule has 0 N–H and O–H groups in total. The van der Waals surface area contributed by atoms with Crippen LogP contribution in [-0.4, -0.2) is 9.78 Å².